The van der Waals surface area contributed by atoms with Crippen LogP contribution in [0.1, 0.15) is 10.5 Å². The Morgan fingerprint density at radius 2 is 2.16 bits per heavy atom. The van der Waals surface area contributed by atoms with E-state index in [9.17, 15) is 13.2 Å². The first kappa shape index (κ1) is 14.0. The first-order chi connectivity index (χ1) is 8.88. The molecule has 5 nitrogen and oxygen atoms in total. The van der Waals surface area contributed by atoms with Crippen LogP contribution in [0.4, 0.5) is 5.69 Å². The first-order valence-corrected chi connectivity index (χ1v) is 8.28. The smallest absolute Gasteiger partial charge is 0.275 e. The van der Waals surface area contributed by atoms with Crippen molar-refractivity contribution >= 4 is 44.4 Å². The second-order valence-electron chi connectivity index (χ2n) is 3.75. The van der Waals surface area contributed by atoms with Crippen molar-refractivity contribution < 1.29 is 13.2 Å². The van der Waals surface area contributed by atoms with Gasteiger partial charge < -0.3 is 5.32 Å². The molecule has 19 heavy (non-hydrogen) atoms. The maximum Gasteiger partial charge on any atom is 0.275 e. The minimum absolute atomic E-state index is 0.0229. The number of hydrogen-bond donors (Lipinski definition) is 1. The molecule has 0 radical (unpaired) electrons. The highest BCUT2D eigenvalue weighted by molar-refractivity contribution is 7.90. The minimum atomic E-state index is -3.44. The van der Waals surface area contributed by atoms with Crippen molar-refractivity contribution in [3.8, 4) is 0 Å². The van der Waals surface area contributed by atoms with Crippen molar-refractivity contribution in [3.05, 3.63) is 39.8 Å². The van der Waals surface area contributed by atoms with Crippen LogP contribution in [0, 0.1) is 0 Å². The molecule has 0 aliphatic heterocycles. The summed E-state index contributed by atoms with van der Waals surface area (Å²) in [5.41, 5.74) is 2.17. The normalized spacial score (nSPS) is 11.3. The molecule has 1 aromatic carbocycles. The zero-order chi connectivity index (χ0) is 14.0. The summed E-state index contributed by atoms with van der Waals surface area (Å²) < 4.78 is 23.0. The van der Waals surface area contributed by atoms with E-state index in [1.165, 1.54) is 29.5 Å². The van der Waals surface area contributed by atoms with Crippen LogP contribution in [0.2, 0.25) is 5.02 Å². The van der Waals surface area contributed by atoms with Crippen molar-refractivity contribution in [1.82, 2.24) is 4.98 Å². The number of halogens is 1. The average Bonchev–Trinajstić information content (AvgIpc) is 2.83. The minimum Gasteiger partial charge on any atom is -0.321 e. The van der Waals surface area contributed by atoms with Gasteiger partial charge in [0, 0.05) is 17.3 Å². The Bertz CT molecular complexity index is 712. The number of nitrogens with one attached hydrogen (secondary N) is 1. The maximum atomic E-state index is 11.8. The highest BCUT2D eigenvalue weighted by atomic mass is 35.5. The van der Waals surface area contributed by atoms with Gasteiger partial charge in [-0.05, 0) is 18.2 Å². The summed E-state index contributed by atoms with van der Waals surface area (Å²) in [4.78, 5) is 15.6. The quantitative estimate of drug-likeness (QED) is 0.943. The third-order valence-electron chi connectivity index (χ3n) is 2.25. The summed E-state index contributed by atoms with van der Waals surface area (Å²) in [5, 5.41) is 4.29. The molecule has 100 valence electrons. The van der Waals surface area contributed by atoms with Gasteiger partial charge in [-0.1, -0.05) is 11.6 Å². The summed E-state index contributed by atoms with van der Waals surface area (Å²) >= 11 is 7.11. The lowest BCUT2D eigenvalue weighted by molar-refractivity contribution is 0.102. The van der Waals surface area contributed by atoms with Gasteiger partial charge in [0.2, 0.25) is 0 Å². The fraction of sp³-hybridized carbons (Fsp3) is 0.0909. The Kier molecular flexibility index (Phi) is 3.88. The summed E-state index contributed by atoms with van der Waals surface area (Å²) in [5.74, 6) is -0.400. The Morgan fingerprint density at radius 1 is 1.42 bits per heavy atom. The number of benzene rings is 1. The van der Waals surface area contributed by atoms with E-state index in [0.29, 0.717) is 5.69 Å². The molecule has 1 aromatic heterocycles. The Balaban J connectivity index is 2.30. The predicted molar refractivity (Wildman–Crippen MR) is 74.6 cm³/mol. The van der Waals surface area contributed by atoms with Crippen LogP contribution in [-0.4, -0.2) is 25.6 Å². The molecule has 2 rings (SSSR count). The van der Waals surface area contributed by atoms with Gasteiger partial charge in [0.1, 0.15) is 5.69 Å². The largest absolute Gasteiger partial charge is 0.321 e. The van der Waals surface area contributed by atoms with E-state index >= 15 is 0 Å². The number of rotatable bonds is 3. The lowest BCUT2D eigenvalue weighted by Crippen LogP contribution is -2.12. The number of amides is 1. The summed E-state index contributed by atoms with van der Waals surface area (Å²) in [6, 6.07) is 4.28. The summed E-state index contributed by atoms with van der Waals surface area (Å²) in [6.07, 6.45) is 1.06. The van der Waals surface area contributed by atoms with E-state index in [2.05, 4.69) is 10.3 Å². The average molecular weight is 317 g/mol. The van der Waals surface area contributed by atoms with Gasteiger partial charge in [0.15, 0.2) is 9.84 Å². The second-order valence-corrected chi connectivity index (χ2v) is 6.86. The molecule has 0 bridgehead atoms. The number of thiazole rings is 1. The van der Waals surface area contributed by atoms with E-state index in [1.807, 2.05) is 0 Å². The van der Waals surface area contributed by atoms with E-state index < -0.39 is 15.7 Å². The van der Waals surface area contributed by atoms with Gasteiger partial charge in [0.05, 0.1) is 15.4 Å². The van der Waals surface area contributed by atoms with Gasteiger partial charge in [-0.3, -0.25) is 4.79 Å². The van der Waals surface area contributed by atoms with Crippen molar-refractivity contribution in [2.75, 3.05) is 11.6 Å². The number of nitrogens with zero attached hydrogens (tertiary/aromatic N) is 1. The van der Waals surface area contributed by atoms with E-state index in [0.717, 1.165) is 6.26 Å². The number of carbonyl (C=O) groups excluding carboxylic acids is 1. The lowest BCUT2D eigenvalue weighted by atomic mass is 10.3. The number of hydrogen-bond acceptors (Lipinski definition) is 5. The van der Waals surface area contributed by atoms with Gasteiger partial charge in [-0.25, -0.2) is 13.4 Å². The van der Waals surface area contributed by atoms with Crippen LogP contribution in [0.5, 0.6) is 0 Å². The topological polar surface area (TPSA) is 76.1 Å². The van der Waals surface area contributed by atoms with Crippen LogP contribution in [0.25, 0.3) is 0 Å². The standard InChI is InChI=1S/C11H9ClN2O3S2/c1-19(16,17)10-4-7(2-3-8(10)12)14-11(15)9-5-18-6-13-9/h2-6H,1H3,(H,14,15). The fourth-order valence-corrected chi connectivity index (χ4v) is 3.22. The molecule has 2 aromatic rings. The van der Waals surface area contributed by atoms with Gasteiger partial charge in [-0.15, -0.1) is 11.3 Å². The Morgan fingerprint density at radius 3 is 2.74 bits per heavy atom. The number of sulfone groups is 1. The van der Waals surface area contributed by atoms with Crippen LogP contribution < -0.4 is 5.32 Å². The molecule has 0 fully saturated rings. The third kappa shape index (κ3) is 3.31. The molecule has 0 atom stereocenters. The number of aromatic nitrogens is 1. The van der Waals surface area contributed by atoms with Crippen LogP contribution in [-0.2, 0) is 9.84 Å². The molecule has 0 saturated carbocycles. The van der Waals surface area contributed by atoms with Crippen molar-refractivity contribution in [1.29, 1.82) is 0 Å². The molecule has 0 aliphatic rings. The fourth-order valence-electron chi connectivity index (χ4n) is 1.39. The van der Waals surface area contributed by atoms with Crippen molar-refractivity contribution in [2.24, 2.45) is 0 Å². The zero-order valence-electron chi connectivity index (χ0n) is 9.75. The molecule has 0 spiro atoms. The predicted octanol–water partition coefficient (Wildman–Crippen LogP) is 2.45. The monoisotopic (exact) mass is 316 g/mol. The molecule has 1 amide bonds. The van der Waals surface area contributed by atoms with Gasteiger partial charge in [-0.2, -0.15) is 0 Å². The molecule has 1 heterocycles. The van der Waals surface area contributed by atoms with Gasteiger partial charge in [0.25, 0.3) is 5.91 Å². The SMILES string of the molecule is CS(=O)(=O)c1cc(NC(=O)c2cscn2)ccc1Cl. The molecular weight excluding hydrogens is 308 g/mol. The van der Waals surface area contributed by atoms with E-state index in [-0.39, 0.29) is 15.6 Å². The maximum absolute atomic E-state index is 11.8. The molecule has 0 unspecified atom stereocenters. The zero-order valence-corrected chi connectivity index (χ0v) is 12.1. The molecule has 0 saturated heterocycles. The summed E-state index contributed by atoms with van der Waals surface area (Å²) in [7, 11) is -3.44. The van der Waals surface area contributed by atoms with Crippen LogP contribution >= 0.6 is 22.9 Å². The molecule has 8 heteroatoms. The van der Waals surface area contributed by atoms with Crippen molar-refractivity contribution in [3.63, 3.8) is 0 Å². The molecule has 1 N–H and O–H groups in total. The van der Waals surface area contributed by atoms with Crippen molar-refractivity contribution in [2.45, 2.75) is 4.90 Å². The third-order valence-corrected chi connectivity index (χ3v) is 4.42. The van der Waals surface area contributed by atoms with Crippen LogP contribution in [0.3, 0.4) is 0 Å². The first-order valence-electron chi connectivity index (χ1n) is 5.07. The number of carbonyl (C=O) groups is 1. The van der Waals surface area contributed by atoms with Crippen LogP contribution in [0.15, 0.2) is 34.0 Å². The van der Waals surface area contributed by atoms with Gasteiger partial charge >= 0.3 is 0 Å². The Hall–Kier alpha value is -1.44. The molecular formula is C11H9ClN2O3S2. The lowest BCUT2D eigenvalue weighted by Gasteiger charge is -2.07. The number of anilines is 1. The second kappa shape index (κ2) is 5.28. The van der Waals surface area contributed by atoms with E-state index in [1.54, 1.807) is 10.9 Å². The highest BCUT2D eigenvalue weighted by Crippen LogP contribution is 2.25. The Labute approximate surface area is 119 Å². The van der Waals surface area contributed by atoms with E-state index in [4.69, 9.17) is 11.6 Å². The molecule has 0 aliphatic carbocycles. The summed E-state index contributed by atoms with van der Waals surface area (Å²) in [6.45, 7) is 0. The highest BCUT2D eigenvalue weighted by Gasteiger charge is 2.14.